The van der Waals surface area contributed by atoms with Crippen molar-refractivity contribution in [2.24, 2.45) is 0 Å². The van der Waals surface area contributed by atoms with E-state index in [9.17, 15) is 14.0 Å². The Morgan fingerprint density at radius 1 is 1.00 bits per heavy atom. The lowest BCUT2D eigenvalue weighted by Gasteiger charge is -2.37. The first-order valence-corrected chi connectivity index (χ1v) is 9.28. The average molecular weight is 419 g/mol. The molecule has 0 aromatic heterocycles. The highest BCUT2D eigenvalue weighted by molar-refractivity contribution is 6.30. The first kappa shape index (κ1) is 20.7. The number of amides is 2. The van der Waals surface area contributed by atoms with Crippen LogP contribution in [0.1, 0.15) is 13.3 Å². The third kappa shape index (κ3) is 6.22. The molecular weight excluding hydrogens is 399 g/mol. The molecule has 1 atom stereocenters. The second kappa shape index (κ2) is 8.96. The van der Waals surface area contributed by atoms with E-state index in [0.29, 0.717) is 28.6 Å². The predicted octanol–water partition coefficient (Wildman–Crippen LogP) is 3.22. The van der Waals surface area contributed by atoms with Gasteiger partial charge in [0.25, 0.3) is 11.8 Å². The van der Waals surface area contributed by atoms with Crippen LogP contribution >= 0.6 is 11.6 Å². The van der Waals surface area contributed by atoms with Crippen molar-refractivity contribution < 1.29 is 23.5 Å². The van der Waals surface area contributed by atoms with E-state index in [4.69, 9.17) is 21.1 Å². The minimum absolute atomic E-state index is 0.127. The van der Waals surface area contributed by atoms with Crippen LogP contribution in [0.25, 0.3) is 0 Å². The summed E-state index contributed by atoms with van der Waals surface area (Å²) >= 11 is 5.80. The molecule has 2 aromatic rings. The van der Waals surface area contributed by atoms with Gasteiger partial charge in [-0.2, -0.15) is 0 Å². The summed E-state index contributed by atoms with van der Waals surface area (Å²) in [6.07, 6.45) is 2.24. The Balaban J connectivity index is 1.39. The van der Waals surface area contributed by atoms with Crippen molar-refractivity contribution in [2.45, 2.75) is 18.9 Å². The number of hydrogen-bond acceptors (Lipinski definition) is 4. The second-order valence-electron chi connectivity index (χ2n) is 6.85. The number of nitrogens with one attached hydrogen (secondary N) is 2. The van der Waals surface area contributed by atoms with Crippen LogP contribution in [0.4, 0.5) is 4.39 Å². The van der Waals surface area contributed by atoms with Crippen LogP contribution in [0.2, 0.25) is 5.02 Å². The minimum Gasteiger partial charge on any atom is -0.484 e. The number of halogens is 2. The average Bonchev–Trinajstić information content (AvgIpc) is 2.66. The Bertz CT molecular complexity index is 915. The quantitative estimate of drug-likeness (QED) is 0.690. The van der Waals surface area contributed by atoms with Gasteiger partial charge in [-0.15, -0.1) is 0 Å². The Kier molecular flexibility index (Phi) is 6.39. The van der Waals surface area contributed by atoms with Gasteiger partial charge in [-0.1, -0.05) is 11.6 Å². The topological polar surface area (TPSA) is 76.7 Å². The number of hydrogen-bond donors (Lipinski definition) is 2. The molecule has 29 heavy (non-hydrogen) atoms. The molecule has 8 heteroatoms. The van der Waals surface area contributed by atoms with Crippen LogP contribution in [-0.2, 0) is 9.59 Å². The molecule has 1 unspecified atom stereocenters. The van der Waals surface area contributed by atoms with E-state index < -0.39 is 5.54 Å². The number of rotatable bonds is 8. The van der Waals surface area contributed by atoms with Crippen LogP contribution < -0.4 is 20.1 Å². The van der Waals surface area contributed by atoms with Crippen molar-refractivity contribution in [1.82, 2.24) is 10.6 Å². The van der Waals surface area contributed by atoms with Crippen LogP contribution in [0, 0.1) is 5.82 Å². The first-order chi connectivity index (χ1) is 13.8. The zero-order valence-electron chi connectivity index (χ0n) is 15.7. The van der Waals surface area contributed by atoms with E-state index in [1.807, 2.05) is 6.92 Å². The molecule has 1 aliphatic carbocycles. The molecule has 0 bridgehead atoms. The highest BCUT2D eigenvalue weighted by atomic mass is 35.5. The SMILES string of the molecule is CC1(NC(=O)COc2ccc(Cl)cc2)C=C(NC(=O)COc2ccc(F)cc2)C1. The molecule has 0 fully saturated rings. The van der Waals surface area contributed by atoms with Gasteiger partial charge in [-0.25, -0.2) is 4.39 Å². The van der Waals surface area contributed by atoms with Crippen molar-refractivity contribution >= 4 is 23.4 Å². The second-order valence-corrected chi connectivity index (χ2v) is 7.28. The Labute approximate surface area is 172 Å². The molecule has 2 amide bonds. The van der Waals surface area contributed by atoms with Gasteiger partial charge < -0.3 is 20.1 Å². The maximum absolute atomic E-state index is 12.8. The van der Waals surface area contributed by atoms with Gasteiger partial charge in [0.15, 0.2) is 13.2 Å². The summed E-state index contributed by atoms with van der Waals surface area (Å²) in [5, 5.41) is 6.16. The van der Waals surface area contributed by atoms with E-state index in [1.165, 1.54) is 24.3 Å². The molecule has 3 rings (SSSR count). The van der Waals surface area contributed by atoms with Crippen molar-refractivity contribution in [2.75, 3.05) is 13.2 Å². The molecule has 6 nitrogen and oxygen atoms in total. The van der Waals surface area contributed by atoms with Crippen molar-refractivity contribution in [1.29, 1.82) is 0 Å². The van der Waals surface area contributed by atoms with Gasteiger partial charge in [-0.05, 0) is 61.5 Å². The zero-order chi connectivity index (χ0) is 20.9. The largest absolute Gasteiger partial charge is 0.484 e. The van der Waals surface area contributed by atoms with Gasteiger partial charge >= 0.3 is 0 Å². The Hall–Kier alpha value is -3.06. The Morgan fingerprint density at radius 2 is 1.52 bits per heavy atom. The van der Waals surface area contributed by atoms with Gasteiger partial charge in [0.05, 0.1) is 5.54 Å². The van der Waals surface area contributed by atoms with Crippen molar-refractivity contribution in [3.05, 3.63) is 71.1 Å². The standard InChI is InChI=1S/C21H20ClFN2O4/c1-21(25-20(27)13-29-17-6-2-14(22)3-7-17)10-16(11-21)24-19(26)12-28-18-8-4-15(23)5-9-18/h2-10H,11-13H2,1H3,(H,24,26)(H,25,27). The molecule has 2 aromatic carbocycles. The van der Waals surface area contributed by atoms with E-state index in [1.54, 1.807) is 30.3 Å². The van der Waals surface area contributed by atoms with Crippen molar-refractivity contribution in [3.63, 3.8) is 0 Å². The molecule has 1 aliphatic rings. The monoisotopic (exact) mass is 418 g/mol. The summed E-state index contributed by atoms with van der Waals surface area (Å²) in [4.78, 5) is 24.0. The summed E-state index contributed by atoms with van der Waals surface area (Å²) in [6.45, 7) is 1.52. The smallest absolute Gasteiger partial charge is 0.262 e. The molecular formula is C21H20ClFN2O4. The summed E-state index contributed by atoms with van der Waals surface area (Å²) < 4.78 is 23.5. The van der Waals surface area contributed by atoms with E-state index in [-0.39, 0.29) is 30.8 Å². The van der Waals surface area contributed by atoms with Gasteiger partial charge in [0.2, 0.25) is 0 Å². The molecule has 0 radical (unpaired) electrons. The fourth-order valence-electron chi connectivity index (χ4n) is 2.84. The summed E-state index contributed by atoms with van der Waals surface area (Å²) in [5.41, 5.74) is 0.139. The molecule has 0 spiro atoms. The third-order valence-electron chi connectivity index (χ3n) is 4.14. The molecule has 152 valence electrons. The van der Waals surface area contributed by atoms with E-state index in [0.717, 1.165) is 0 Å². The summed E-state index contributed by atoms with van der Waals surface area (Å²) in [6, 6.07) is 12.1. The Morgan fingerprint density at radius 3 is 2.10 bits per heavy atom. The van der Waals surface area contributed by atoms with Gasteiger partial charge in [-0.3, -0.25) is 9.59 Å². The molecule has 0 heterocycles. The molecule has 0 aliphatic heterocycles. The number of carbonyl (C=O) groups excluding carboxylic acids is 2. The molecule has 2 N–H and O–H groups in total. The molecule has 0 saturated heterocycles. The zero-order valence-corrected chi connectivity index (χ0v) is 16.5. The van der Waals surface area contributed by atoms with Gasteiger partial charge in [0, 0.05) is 17.1 Å². The molecule has 0 saturated carbocycles. The fraction of sp³-hybridized carbons (Fsp3) is 0.238. The van der Waals surface area contributed by atoms with Crippen LogP contribution in [0.15, 0.2) is 60.3 Å². The highest BCUT2D eigenvalue weighted by Crippen LogP contribution is 2.28. The summed E-state index contributed by atoms with van der Waals surface area (Å²) in [5.74, 6) is -0.0278. The minimum atomic E-state index is -0.555. The number of carbonyl (C=O) groups is 2. The number of benzene rings is 2. The fourth-order valence-corrected chi connectivity index (χ4v) is 2.97. The first-order valence-electron chi connectivity index (χ1n) is 8.91. The van der Waals surface area contributed by atoms with E-state index >= 15 is 0 Å². The normalized spacial score (nSPS) is 17.6. The van der Waals surface area contributed by atoms with Crippen LogP contribution in [0.3, 0.4) is 0 Å². The lowest BCUT2D eigenvalue weighted by atomic mass is 9.84. The lowest BCUT2D eigenvalue weighted by Crippen LogP contribution is -2.53. The van der Waals surface area contributed by atoms with Crippen molar-refractivity contribution in [3.8, 4) is 11.5 Å². The number of ether oxygens (including phenoxy) is 2. The lowest BCUT2D eigenvalue weighted by molar-refractivity contribution is -0.124. The third-order valence-corrected chi connectivity index (χ3v) is 4.39. The van der Waals surface area contributed by atoms with E-state index in [2.05, 4.69) is 10.6 Å². The van der Waals surface area contributed by atoms with Crippen LogP contribution in [0.5, 0.6) is 11.5 Å². The van der Waals surface area contributed by atoms with Crippen LogP contribution in [-0.4, -0.2) is 30.6 Å². The predicted molar refractivity (Wildman–Crippen MR) is 106 cm³/mol. The van der Waals surface area contributed by atoms with Gasteiger partial charge in [0.1, 0.15) is 17.3 Å². The highest BCUT2D eigenvalue weighted by Gasteiger charge is 2.34. The maximum atomic E-state index is 12.8. The summed E-state index contributed by atoms with van der Waals surface area (Å²) in [7, 11) is 0. The maximum Gasteiger partial charge on any atom is 0.262 e.